The van der Waals surface area contributed by atoms with Crippen LogP contribution in [0.25, 0.3) is 11.3 Å². The molecule has 1 aliphatic heterocycles. The summed E-state index contributed by atoms with van der Waals surface area (Å²) in [5, 5.41) is 15.5. The van der Waals surface area contributed by atoms with Crippen LogP contribution in [0.15, 0.2) is 30.3 Å². The number of halogens is 1. The van der Waals surface area contributed by atoms with Gasteiger partial charge in [-0.3, -0.25) is 9.89 Å². The van der Waals surface area contributed by atoms with Crippen LogP contribution in [0, 0.1) is 5.82 Å². The molecule has 0 saturated carbocycles. The van der Waals surface area contributed by atoms with Gasteiger partial charge in [0.25, 0.3) is 5.91 Å². The van der Waals surface area contributed by atoms with Crippen LogP contribution >= 0.6 is 0 Å². The summed E-state index contributed by atoms with van der Waals surface area (Å²) < 4.78 is 18.8. The largest absolute Gasteiger partial charge is 0.479 e. The zero-order chi connectivity index (χ0) is 16.4. The molecule has 0 spiro atoms. The normalized spacial score (nSPS) is 18.0. The molecule has 1 amide bonds. The molecule has 120 valence electrons. The Morgan fingerprint density at radius 1 is 1.39 bits per heavy atom. The summed E-state index contributed by atoms with van der Waals surface area (Å²) in [6.45, 7) is 0.399. The van der Waals surface area contributed by atoms with Crippen molar-refractivity contribution in [2.75, 3.05) is 19.7 Å². The molecule has 1 atom stereocenters. The maximum atomic E-state index is 13.7. The van der Waals surface area contributed by atoms with Crippen molar-refractivity contribution >= 4 is 11.9 Å². The number of aliphatic carboxylic acids is 1. The van der Waals surface area contributed by atoms with Gasteiger partial charge in [-0.1, -0.05) is 12.1 Å². The van der Waals surface area contributed by atoms with E-state index >= 15 is 0 Å². The molecule has 0 aliphatic carbocycles. The van der Waals surface area contributed by atoms with E-state index in [2.05, 4.69) is 10.2 Å². The summed E-state index contributed by atoms with van der Waals surface area (Å²) in [6.07, 6.45) is -1.04. The molecule has 7 nitrogen and oxygen atoms in total. The van der Waals surface area contributed by atoms with E-state index in [1.54, 1.807) is 18.2 Å². The highest BCUT2D eigenvalue weighted by Crippen LogP contribution is 2.21. The van der Waals surface area contributed by atoms with Gasteiger partial charge in [-0.15, -0.1) is 0 Å². The Hall–Kier alpha value is -2.74. The molecular weight excluding hydrogens is 305 g/mol. The van der Waals surface area contributed by atoms with Crippen LogP contribution in [0.4, 0.5) is 4.39 Å². The van der Waals surface area contributed by atoms with Gasteiger partial charge in [-0.2, -0.15) is 5.10 Å². The summed E-state index contributed by atoms with van der Waals surface area (Å²) >= 11 is 0. The number of nitrogens with one attached hydrogen (secondary N) is 1. The van der Waals surface area contributed by atoms with Crippen LogP contribution < -0.4 is 0 Å². The average molecular weight is 319 g/mol. The van der Waals surface area contributed by atoms with Gasteiger partial charge < -0.3 is 14.7 Å². The molecule has 1 saturated heterocycles. The minimum atomic E-state index is -1.11. The van der Waals surface area contributed by atoms with Crippen LogP contribution in [0.5, 0.6) is 0 Å². The second-order valence-corrected chi connectivity index (χ2v) is 5.10. The lowest BCUT2D eigenvalue weighted by molar-refractivity contribution is -0.154. The first kappa shape index (κ1) is 15.2. The van der Waals surface area contributed by atoms with Crippen molar-refractivity contribution in [1.29, 1.82) is 0 Å². The molecule has 2 N–H and O–H groups in total. The van der Waals surface area contributed by atoms with Gasteiger partial charge in [-0.25, -0.2) is 9.18 Å². The highest BCUT2D eigenvalue weighted by Gasteiger charge is 2.30. The first-order valence-electron chi connectivity index (χ1n) is 7.00. The molecule has 2 aromatic rings. The zero-order valence-corrected chi connectivity index (χ0v) is 12.0. The number of benzene rings is 1. The van der Waals surface area contributed by atoms with E-state index in [0.717, 1.165) is 0 Å². The number of carbonyl (C=O) groups excluding carboxylic acids is 1. The number of amides is 1. The Bertz CT molecular complexity index is 746. The van der Waals surface area contributed by atoms with Gasteiger partial charge in [0, 0.05) is 12.1 Å². The Morgan fingerprint density at radius 2 is 2.17 bits per heavy atom. The van der Waals surface area contributed by atoms with Gasteiger partial charge >= 0.3 is 5.97 Å². The SMILES string of the molecule is O=C(O)[C@@H]1CN(C(=O)c2cc(-c3ccccc3F)n[nH]2)CCO1. The smallest absolute Gasteiger partial charge is 0.334 e. The summed E-state index contributed by atoms with van der Waals surface area (Å²) in [6, 6.07) is 7.57. The van der Waals surface area contributed by atoms with Crippen molar-refractivity contribution in [3.05, 3.63) is 41.8 Å². The first-order valence-corrected chi connectivity index (χ1v) is 7.00. The maximum absolute atomic E-state index is 13.7. The predicted octanol–water partition coefficient (Wildman–Crippen LogP) is 1.14. The molecule has 23 heavy (non-hydrogen) atoms. The van der Waals surface area contributed by atoms with Crippen LogP contribution in [0.3, 0.4) is 0 Å². The van der Waals surface area contributed by atoms with E-state index in [9.17, 15) is 14.0 Å². The van der Waals surface area contributed by atoms with E-state index in [0.29, 0.717) is 5.69 Å². The van der Waals surface area contributed by atoms with E-state index < -0.39 is 23.8 Å². The van der Waals surface area contributed by atoms with E-state index in [-0.39, 0.29) is 31.0 Å². The van der Waals surface area contributed by atoms with Gasteiger partial charge in [0.1, 0.15) is 11.5 Å². The molecule has 1 aliphatic rings. The zero-order valence-electron chi connectivity index (χ0n) is 12.0. The molecule has 8 heteroatoms. The summed E-state index contributed by atoms with van der Waals surface area (Å²) in [5.74, 6) is -1.94. The second kappa shape index (κ2) is 6.17. The van der Waals surface area contributed by atoms with Crippen LogP contribution in [0.2, 0.25) is 0 Å². The van der Waals surface area contributed by atoms with Gasteiger partial charge in [-0.05, 0) is 18.2 Å². The number of rotatable bonds is 3. The van der Waals surface area contributed by atoms with Gasteiger partial charge in [0.05, 0.1) is 18.8 Å². The monoisotopic (exact) mass is 319 g/mol. The number of aromatic amines is 1. The van der Waals surface area contributed by atoms with Crippen molar-refractivity contribution in [1.82, 2.24) is 15.1 Å². The average Bonchev–Trinajstić information content (AvgIpc) is 3.04. The first-order chi connectivity index (χ1) is 11.1. The molecule has 3 rings (SSSR count). The third-order valence-corrected chi connectivity index (χ3v) is 3.59. The van der Waals surface area contributed by atoms with E-state index in [4.69, 9.17) is 9.84 Å². The van der Waals surface area contributed by atoms with Gasteiger partial charge in [0.2, 0.25) is 0 Å². The molecule has 0 unspecified atom stereocenters. The van der Waals surface area contributed by atoms with Crippen LogP contribution in [-0.2, 0) is 9.53 Å². The second-order valence-electron chi connectivity index (χ2n) is 5.10. The molecule has 2 heterocycles. The fourth-order valence-corrected chi connectivity index (χ4v) is 2.39. The number of nitrogens with zero attached hydrogens (tertiary/aromatic N) is 2. The topological polar surface area (TPSA) is 95.5 Å². The third kappa shape index (κ3) is 3.07. The molecule has 0 radical (unpaired) electrons. The number of carboxylic acids is 1. The van der Waals surface area contributed by atoms with Crippen molar-refractivity contribution < 1.29 is 23.8 Å². The fraction of sp³-hybridized carbons (Fsp3) is 0.267. The van der Waals surface area contributed by atoms with E-state index in [1.165, 1.54) is 17.0 Å². The summed E-state index contributed by atoms with van der Waals surface area (Å²) in [5.41, 5.74) is 0.775. The number of morpholine rings is 1. The van der Waals surface area contributed by atoms with Crippen molar-refractivity contribution in [2.24, 2.45) is 0 Å². The fourth-order valence-electron chi connectivity index (χ4n) is 2.39. The molecular formula is C15H14FN3O4. The number of carboxylic acid groups (broad SMARTS) is 1. The van der Waals surface area contributed by atoms with Crippen LogP contribution in [-0.4, -0.2) is 57.9 Å². The number of carbonyl (C=O) groups is 2. The van der Waals surface area contributed by atoms with Crippen molar-refractivity contribution in [3.8, 4) is 11.3 Å². The Kier molecular flexibility index (Phi) is 4.07. The maximum Gasteiger partial charge on any atom is 0.334 e. The molecule has 0 bridgehead atoms. The van der Waals surface area contributed by atoms with E-state index in [1.807, 2.05) is 0 Å². The van der Waals surface area contributed by atoms with Gasteiger partial charge in [0.15, 0.2) is 6.10 Å². The predicted molar refractivity (Wildman–Crippen MR) is 77.3 cm³/mol. The lowest BCUT2D eigenvalue weighted by Gasteiger charge is -2.30. The number of H-pyrrole nitrogens is 1. The molecule has 1 aromatic carbocycles. The number of hydrogen-bond donors (Lipinski definition) is 2. The standard InChI is InChI=1S/C15H14FN3O4/c16-10-4-2-1-3-9(10)11-7-12(18-17-11)14(20)19-5-6-23-13(8-19)15(21)22/h1-4,7,13H,5-6,8H2,(H,17,18)(H,21,22)/t13-/m0/s1. The lowest BCUT2D eigenvalue weighted by atomic mass is 10.1. The number of aromatic nitrogens is 2. The molecule has 1 fully saturated rings. The minimum absolute atomic E-state index is 0.0395. The minimum Gasteiger partial charge on any atom is -0.479 e. The lowest BCUT2D eigenvalue weighted by Crippen LogP contribution is -2.48. The van der Waals surface area contributed by atoms with Crippen molar-refractivity contribution in [2.45, 2.75) is 6.10 Å². The third-order valence-electron chi connectivity index (χ3n) is 3.59. The Labute approximate surface area is 130 Å². The summed E-state index contributed by atoms with van der Waals surface area (Å²) in [7, 11) is 0. The Balaban J connectivity index is 1.79. The summed E-state index contributed by atoms with van der Waals surface area (Å²) in [4.78, 5) is 24.7. The number of ether oxygens (including phenoxy) is 1. The Morgan fingerprint density at radius 3 is 2.91 bits per heavy atom. The van der Waals surface area contributed by atoms with Crippen LogP contribution in [0.1, 0.15) is 10.5 Å². The highest BCUT2D eigenvalue weighted by molar-refractivity contribution is 5.93. The molecule has 1 aromatic heterocycles. The van der Waals surface area contributed by atoms with Crippen molar-refractivity contribution in [3.63, 3.8) is 0 Å². The number of hydrogen-bond acceptors (Lipinski definition) is 4. The highest BCUT2D eigenvalue weighted by atomic mass is 19.1. The quantitative estimate of drug-likeness (QED) is 0.884.